The Bertz CT molecular complexity index is 2410. The van der Waals surface area contributed by atoms with Crippen molar-refractivity contribution in [1.82, 2.24) is 29.4 Å². The molecule has 2 aromatic carbocycles. The van der Waals surface area contributed by atoms with Crippen LogP contribution in [-0.4, -0.2) is 61.7 Å². The topological polar surface area (TPSA) is 87.3 Å². The van der Waals surface area contributed by atoms with E-state index in [1.807, 2.05) is 56.8 Å². The predicted molar refractivity (Wildman–Crippen MR) is 195 cm³/mol. The van der Waals surface area contributed by atoms with Crippen LogP contribution in [0.3, 0.4) is 0 Å². The van der Waals surface area contributed by atoms with Crippen molar-refractivity contribution in [1.29, 1.82) is 0 Å². The number of aromatic nitrogens is 5. The lowest BCUT2D eigenvalue weighted by molar-refractivity contribution is -0.129. The number of rotatable bonds is 8. The Balaban J connectivity index is 1.38. The summed E-state index contributed by atoms with van der Waals surface area (Å²) in [6.45, 7) is 10.1. The molecule has 8 rings (SSSR count). The van der Waals surface area contributed by atoms with Crippen LogP contribution in [0.15, 0.2) is 54.4 Å². The van der Waals surface area contributed by atoms with Gasteiger partial charge in [-0.25, -0.2) is 18.2 Å². The number of nitrogens with zero attached hydrogens (tertiary/aromatic N) is 6. The van der Waals surface area contributed by atoms with E-state index in [4.69, 9.17) is 19.6 Å². The Kier molecular flexibility index (Phi) is 8.45. The monoisotopic (exact) mass is 726 g/mol. The quantitative estimate of drug-likeness (QED) is 0.146. The van der Waals surface area contributed by atoms with Crippen molar-refractivity contribution in [2.24, 2.45) is 13.0 Å². The molecule has 52 heavy (non-hydrogen) atoms. The molecule has 0 N–H and O–H groups in total. The van der Waals surface area contributed by atoms with Gasteiger partial charge in [-0.2, -0.15) is 10.2 Å². The number of ether oxygens (including phenoxy) is 2. The molecular formula is C39H37F3N6O3S. The van der Waals surface area contributed by atoms with Gasteiger partial charge in [0, 0.05) is 65.8 Å². The smallest absolute Gasteiger partial charge is 0.246 e. The SMILES string of the molecule is C=CC(=O)N1C[C@H](C)n2nc(-c3nc(-c4ccc5c(C)n(C)nc5c4)c4scc(F)c4c3-c3c(F)cc(F)cc3OCC3CC(OC)C3)cc2[C@H]1C. The summed E-state index contributed by atoms with van der Waals surface area (Å²) in [6.07, 6.45) is 2.92. The standard InChI is InChI=1S/C39H37F3N6O3S/c1-7-33(49)47-16-19(2)48-31(21(47)4)15-30(45-48)38-36(34-27(41)13-24(40)14-32(34)51-17-22-10-25(11-22)50-6)35-28(42)18-52-39(35)37(43-38)23-8-9-26-20(3)46(5)44-29(26)12-23/h7-9,12-15,18-19,21-22,25H,1,10-11,16-17H2,2-6H3/t19-,21+,22?,25?/m0/s1. The molecule has 1 amide bonds. The van der Waals surface area contributed by atoms with Crippen molar-refractivity contribution in [3.05, 3.63) is 83.3 Å². The number of pyridine rings is 1. The number of methoxy groups -OCH3 is 1. The first-order valence-corrected chi connectivity index (χ1v) is 18.1. The zero-order valence-corrected chi connectivity index (χ0v) is 30.2. The summed E-state index contributed by atoms with van der Waals surface area (Å²) >= 11 is 1.15. The highest BCUT2D eigenvalue weighted by Gasteiger charge is 2.35. The molecule has 2 aliphatic rings. The molecule has 0 spiro atoms. The minimum atomic E-state index is -0.917. The number of fused-ring (bicyclic) bond motifs is 3. The summed E-state index contributed by atoms with van der Waals surface area (Å²) in [5.74, 6) is -2.45. The number of carbonyl (C=O) groups is 1. The fraction of sp³-hybridized carbons (Fsp3) is 0.333. The molecule has 4 aromatic heterocycles. The number of amides is 1. The molecule has 1 aliphatic heterocycles. The number of halogens is 3. The van der Waals surface area contributed by atoms with Crippen molar-refractivity contribution in [3.63, 3.8) is 0 Å². The summed E-state index contributed by atoms with van der Waals surface area (Å²) in [5.41, 5.74) is 4.16. The van der Waals surface area contributed by atoms with Crippen LogP contribution >= 0.6 is 11.3 Å². The van der Waals surface area contributed by atoms with E-state index in [9.17, 15) is 9.18 Å². The molecule has 13 heteroatoms. The van der Waals surface area contributed by atoms with E-state index in [-0.39, 0.29) is 64.6 Å². The van der Waals surface area contributed by atoms with Gasteiger partial charge >= 0.3 is 0 Å². The fourth-order valence-electron chi connectivity index (χ4n) is 7.57. The highest BCUT2D eigenvalue weighted by molar-refractivity contribution is 7.17. The van der Waals surface area contributed by atoms with Gasteiger partial charge in [0.05, 0.1) is 52.0 Å². The van der Waals surface area contributed by atoms with Gasteiger partial charge in [-0.3, -0.25) is 14.2 Å². The van der Waals surface area contributed by atoms with E-state index in [0.717, 1.165) is 58.6 Å². The third kappa shape index (κ3) is 5.48. The molecule has 0 radical (unpaired) electrons. The molecule has 1 aliphatic carbocycles. The number of aryl methyl sites for hydroxylation is 2. The lowest BCUT2D eigenvalue weighted by Crippen LogP contribution is -2.42. The van der Waals surface area contributed by atoms with Gasteiger partial charge in [0.1, 0.15) is 34.6 Å². The van der Waals surface area contributed by atoms with Gasteiger partial charge in [-0.1, -0.05) is 18.7 Å². The Morgan fingerprint density at radius 3 is 2.60 bits per heavy atom. The second kappa shape index (κ2) is 12.9. The van der Waals surface area contributed by atoms with Crippen molar-refractivity contribution in [2.75, 3.05) is 20.3 Å². The third-order valence-electron chi connectivity index (χ3n) is 10.6. The molecule has 1 saturated carbocycles. The van der Waals surface area contributed by atoms with Crippen molar-refractivity contribution in [3.8, 4) is 39.5 Å². The Labute approximate surface area is 302 Å². The molecule has 0 unspecified atom stereocenters. The molecule has 0 bridgehead atoms. The van der Waals surface area contributed by atoms with Crippen LogP contribution in [0.2, 0.25) is 0 Å². The summed E-state index contributed by atoms with van der Waals surface area (Å²) in [4.78, 5) is 19.7. The van der Waals surface area contributed by atoms with E-state index in [2.05, 4.69) is 11.7 Å². The molecule has 2 atom stereocenters. The summed E-state index contributed by atoms with van der Waals surface area (Å²) in [5, 5.41) is 12.1. The van der Waals surface area contributed by atoms with Crippen molar-refractivity contribution < 1.29 is 27.4 Å². The van der Waals surface area contributed by atoms with Gasteiger partial charge in [-0.05, 0) is 57.7 Å². The average molecular weight is 727 g/mol. The number of benzene rings is 2. The number of hydrogen-bond acceptors (Lipinski definition) is 7. The minimum Gasteiger partial charge on any atom is -0.492 e. The minimum absolute atomic E-state index is 0.0556. The molecule has 5 heterocycles. The fourth-order valence-corrected chi connectivity index (χ4v) is 8.50. The van der Waals surface area contributed by atoms with Gasteiger partial charge in [-0.15, -0.1) is 11.3 Å². The van der Waals surface area contributed by atoms with Gasteiger partial charge < -0.3 is 14.4 Å². The number of carbonyl (C=O) groups excluding carboxylic acids is 1. The Morgan fingerprint density at radius 1 is 1.06 bits per heavy atom. The largest absolute Gasteiger partial charge is 0.492 e. The lowest BCUT2D eigenvalue weighted by Gasteiger charge is -2.36. The first-order valence-electron chi connectivity index (χ1n) is 17.2. The number of hydrogen-bond donors (Lipinski definition) is 0. The Morgan fingerprint density at radius 2 is 1.85 bits per heavy atom. The van der Waals surface area contributed by atoms with E-state index in [0.29, 0.717) is 28.2 Å². The van der Waals surface area contributed by atoms with Gasteiger partial charge in [0.2, 0.25) is 5.91 Å². The predicted octanol–water partition coefficient (Wildman–Crippen LogP) is 8.56. The van der Waals surface area contributed by atoms with Crippen molar-refractivity contribution >= 4 is 38.2 Å². The summed E-state index contributed by atoms with van der Waals surface area (Å²) in [7, 11) is 3.53. The van der Waals surface area contributed by atoms with E-state index in [1.54, 1.807) is 16.7 Å². The molecular weight excluding hydrogens is 690 g/mol. The molecule has 0 saturated heterocycles. The summed E-state index contributed by atoms with van der Waals surface area (Å²) in [6, 6.07) is 8.91. The normalized spacial score (nSPS) is 20.0. The second-order valence-electron chi connectivity index (χ2n) is 13.8. The maximum atomic E-state index is 16.4. The lowest BCUT2D eigenvalue weighted by atomic mass is 9.83. The van der Waals surface area contributed by atoms with Crippen LogP contribution in [0.4, 0.5) is 13.2 Å². The maximum Gasteiger partial charge on any atom is 0.246 e. The summed E-state index contributed by atoms with van der Waals surface area (Å²) < 4.78 is 63.4. The van der Waals surface area contributed by atoms with Gasteiger partial charge in [0.25, 0.3) is 0 Å². The molecule has 9 nitrogen and oxygen atoms in total. The van der Waals surface area contributed by atoms with Crippen LogP contribution in [-0.2, 0) is 16.6 Å². The maximum absolute atomic E-state index is 16.4. The average Bonchev–Trinajstić information content (AvgIpc) is 3.80. The van der Waals surface area contributed by atoms with Crippen LogP contribution < -0.4 is 4.74 Å². The zero-order valence-electron chi connectivity index (χ0n) is 29.4. The first kappa shape index (κ1) is 34.1. The molecule has 1 fully saturated rings. The van der Waals surface area contributed by atoms with E-state index in [1.165, 1.54) is 11.5 Å². The second-order valence-corrected chi connectivity index (χ2v) is 14.7. The van der Waals surface area contributed by atoms with Crippen LogP contribution in [0, 0.1) is 30.3 Å². The number of thiophene rings is 1. The highest BCUT2D eigenvalue weighted by Crippen LogP contribution is 2.49. The van der Waals surface area contributed by atoms with E-state index < -0.39 is 17.5 Å². The zero-order chi connectivity index (χ0) is 36.6. The first-order chi connectivity index (χ1) is 25.0. The van der Waals surface area contributed by atoms with E-state index >= 15 is 8.78 Å². The highest BCUT2D eigenvalue weighted by atomic mass is 32.1. The van der Waals surface area contributed by atoms with Crippen LogP contribution in [0.25, 0.3) is 54.8 Å². The van der Waals surface area contributed by atoms with Crippen molar-refractivity contribution in [2.45, 2.75) is 51.8 Å². The van der Waals surface area contributed by atoms with Crippen LogP contribution in [0.5, 0.6) is 5.75 Å². The molecule has 6 aromatic rings. The van der Waals surface area contributed by atoms with Gasteiger partial charge in [0.15, 0.2) is 0 Å². The van der Waals surface area contributed by atoms with Crippen LogP contribution in [0.1, 0.15) is 50.2 Å². The third-order valence-corrected chi connectivity index (χ3v) is 11.5. The molecule has 268 valence electrons. The Hall–Kier alpha value is -5.01.